The second-order valence-corrected chi connectivity index (χ2v) is 31.6. The largest absolute Gasteiger partial charge is 0.481 e. The van der Waals surface area contributed by atoms with E-state index in [0.717, 1.165) is 70.6 Å². The fraction of sp³-hybridized carbons (Fsp3) is 0.943. The van der Waals surface area contributed by atoms with E-state index < -0.39 is 40.0 Å². The molecule has 0 aliphatic heterocycles. The van der Waals surface area contributed by atoms with Crippen molar-refractivity contribution in [3.63, 3.8) is 0 Å². The van der Waals surface area contributed by atoms with Gasteiger partial charge in [0.1, 0.15) is 6.04 Å². The van der Waals surface area contributed by atoms with E-state index in [1.807, 2.05) is 6.92 Å². The highest BCUT2D eigenvalue weighted by Crippen LogP contribution is 2.19. The number of carboxylic acids is 4. The average molecular weight is 1460 g/mol. The summed E-state index contributed by atoms with van der Waals surface area (Å²) in [4.78, 5) is 53.7. The number of nitrogens with one attached hydrogen (secondary N) is 1. The van der Waals surface area contributed by atoms with E-state index in [2.05, 4.69) is 39.9 Å². The summed E-state index contributed by atoms with van der Waals surface area (Å²) >= 11 is 0. The minimum absolute atomic E-state index is 0.0783. The molecule has 1 atom stereocenters. The van der Waals surface area contributed by atoms with E-state index >= 15 is 0 Å². The Kier molecular flexibility index (Phi) is 101. The van der Waals surface area contributed by atoms with E-state index in [1.165, 1.54) is 366 Å². The van der Waals surface area contributed by atoms with E-state index in [-0.39, 0.29) is 11.7 Å². The van der Waals surface area contributed by atoms with Crippen LogP contribution in [0.3, 0.4) is 0 Å². The first kappa shape index (κ1) is 107. The van der Waals surface area contributed by atoms with E-state index in [9.17, 15) is 32.4 Å². The van der Waals surface area contributed by atoms with Gasteiger partial charge in [-0.05, 0) is 38.5 Å². The van der Waals surface area contributed by atoms with Crippen molar-refractivity contribution in [1.82, 2.24) is 5.32 Å². The molecule has 0 aromatic heterocycles. The summed E-state index contributed by atoms with van der Waals surface area (Å²) < 4.78 is 29.6. The van der Waals surface area contributed by atoms with Crippen LogP contribution in [0.25, 0.3) is 0 Å². The summed E-state index contributed by atoms with van der Waals surface area (Å²) in [6.07, 6.45) is 90.5. The molecule has 0 saturated carbocycles. The van der Waals surface area contributed by atoms with Gasteiger partial charge < -0.3 is 25.7 Å². The monoisotopic (exact) mass is 1460 g/mol. The SMILES string of the molecule is CCCCCCCCCCCCCC(=O)O.CCCCCCCCCCCCCCCC(=O)NC(CCC)C(=O)O.CCCCCCCCCCCCCCCC(=O)O.CCCCCCCCCCCCCCCCCCCC(=O)O.CCCCCCCCCCCCCCCCS(=O)(=O)O. The van der Waals surface area contributed by atoms with Crippen LogP contribution in [0.1, 0.15) is 517 Å². The van der Waals surface area contributed by atoms with Crippen LogP contribution in [0.15, 0.2) is 0 Å². The molecule has 606 valence electrons. The predicted molar refractivity (Wildman–Crippen MR) is 435 cm³/mol. The average Bonchev–Trinajstić information content (AvgIpc) is 1.45. The maximum Gasteiger partial charge on any atom is 0.326 e. The summed E-state index contributed by atoms with van der Waals surface area (Å²) in [5.41, 5.74) is 0. The van der Waals surface area contributed by atoms with Crippen molar-refractivity contribution in [1.29, 1.82) is 0 Å². The van der Waals surface area contributed by atoms with E-state index in [0.29, 0.717) is 38.5 Å². The Morgan fingerprint density at radius 1 is 0.238 bits per heavy atom. The first-order valence-electron chi connectivity index (χ1n) is 44.1. The second-order valence-electron chi connectivity index (χ2n) is 30.0. The summed E-state index contributed by atoms with van der Waals surface area (Å²) in [7, 11) is -3.74. The highest BCUT2D eigenvalue weighted by molar-refractivity contribution is 7.85. The quantitative estimate of drug-likeness (QED) is 0.0247. The number of hydrogen-bond donors (Lipinski definition) is 6. The minimum atomic E-state index is -3.74. The molecule has 101 heavy (non-hydrogen) atoms. The van der Waals surface area contributed by atoms with Gasteiger partial charge in [0.2, 0.25) is 5.91 Å². The van der Waals surface area contributed by atoms with Gasteiger partial charge in [0.15, 0.2) is 0 Å². The molecule has 13 nitrogen and oxygen atoms in total. The van der Waals surface area contributed by atoms with Crippen molar-refractivity contribution in [2.24, 2.45) is 0 Å². The molecule has 0 spiro atoms. The molecule has 0 aromatic carbocycles. The van der Waals surface area contributed by atoms with Crippen molar-refractivity contribution in [3.05, 3.63) is 0 Å². The zero-order chi connectivity index (χ0) is 75.7. The van der Waals surface area contributed by atoms with Gasteiger partial charge in [-0.15, -0.1) is 0 Å². The lowest BCUT2D eigenvalue weighted by Gasteiger charge is -2.13. The van der Waals surface area contributed by atoms with Crippen LogP contribution < -0.4 is 5.32 Å². The number of hydrogen-bond acceptors (Lipinski definition) is 7. The van der Waals surface area contributed by atoms with E-state index in [4.69, 9.17) is 25.0 Å². The lowest BCUT2D eigenvalue weighted by atomic mass is 10.0. The van der Waals surface area contributed by atoms with Crippen LogP contribution in [0.5, 0.6) is 0 Å². The van der Waals surface area contributed by atoms with Crippen LogP contribution in [0.2, 0.25) is 0 Å². The van der Waals surface area contributed by atoms with Gasteiger partial charge in [-0.25, -0.2) is 4.79 Å². The predicted octanol–water partition coefficient (Wildman–Crippen LogP) is 28.6. The zero-order valence-electron chi connectivity index (χ0n) is 68.1. The molecule has 0 bridgehead atoms. The van der Waals surface area contributed by atoms with Gasteiger partial charge in [-0.2, -0.15) is 8.42 Å². The van der Waals surface area contributed by atoms with Crippen LogP contribution in [-0.4, -0.2) is 75.0 Å². The highest BCUT2D eigenvalue weighted by Gasteiger charge is 2.18. The molecule has 0 saturated heterocycles. The summed E-state index contributed by atoms with van der Waals surface area (Å²) in [6.45, 7) is 13.2. The molecule has 0 radical (unpaired) electrons. The van der Waals surface area contributed by atoms with Crippen molar-refractivity contribution in [3.8, 4) is 0 Å². The van der Waals surface area contributed by atoms with Crippen LogP contribution in [0, 0.1) is 0 Å². The van der Waals surface area contributed by atoms with E-state index in [1.54, 1.807) is 0 Å². The first-order chi connectivity index (χ1) is 49.0. The van der Waals surface area contributed by atoms with Gasteiger partial charge in [-0.3, -0.25) is 23.7 Å². The minimum Gasteiger partial charge on any atom is -0.481 e. The molecule has 1 amide bonds. The fourth-order valence-electron chi connectivity index (χ4n) is 12.8. The summed E-state index contributed by atoms with van der Waals surface area (Å²) in [5, 5.41) is 37.1. The maximum atomic E-state index is 11.8. The zero-order valence-corrected chi connectivity index (χ0v) is 68.9. The fourth-order valence-corrected chi connectivity index (χ4v) is 13.4. The number of carbonyl (C=O) groups excluding carboxylic acids is 1. The Labute approximate surface area is 627 Å². The van der Waals surface area contributed by atoms with Gasteiger partial charge in [0, 0.05) is 25.7 Å². The van der Waals surface area contributed by atoms with Crippen molar-refractivity contribution >= 4 is 39.9 Å². The highest BCUT2D eigenvalue weighted by atomic mass is 32.2. The number of rotatable bonds is 77. The van der Waals surface area contributed by atoms with Crippen LogP contribution in [-0.2, 0) is 34.1 Å². The van der Waals surface area contributed by atoms with Crippen molar-refractivity contribution < 1.29 is 57.4 Å². The molecule has 0 fully saturated rings. The Morgan fingerprint density at radius 2 is 0.396 bits per heavy atom. The third kappa shape index (κ3) is 116. The van der Waals surface area contributed by atoms with Crippen molar-refractivity contribution in [2.45, 2.75) is 523 Å². The number of unbranched alkanes of at least 4 members (excludes halogenated alkanes) is 63. The molecule has 0 heterocycles. The number of carbonyl (C=O) groups is 5. The van der Waals surface area contributed by atoms with Gasteiger partial charge >= 0.3 is 23.9 Å². The van der Waals surface area contributed by atoms with Gasteiger partial charge in [-0.1, -0.05) is 452 Å². The molecule has 0 aromatic rings. The van der Waals surface area contributed by atoms with Crippen molar-refractivity contribution in [2.75, 3.05) is 5.75 Å². The molecule has 1 unspecified atom stereocenters. The molecular weight excluding hydrogens is 1280 g/mol. The van der Waals surface area contributed by atoms with Crippen LogP contribution in [0.4, 0.5) is 0 Å². The Balaban J connectivity index is -0.000000383. The molecule has 6 N–H and O–H groups in total. The lowest BCUT2D eigenvalue weighted by molar-refractivity contribution is -0.142. The second kappa shape index (κ2) is 95.3. The normalized spacial score (nSPS) is 11.3. The Morgan fingerprint density at radius 3 is 0.545 bits per heavy atom. The topological polar surface area (TPSA) is 233 Å². The third-order valence-corrected chi connectivity index (χ3v) is 20.3. The number of aliphatic carboxylic acids is 4. The molecule has 0 aliphatic carbocycles. The molecule has 0 rings (SSSR count). The molecule has 14 heteroatoms. The Hall–Kier alpha value is -2.74. The van der Waals surface area contributed by atoms with Gasteiger partial charge in [0.05, 0.1) is 5.75 Å². The summed E-state index contributed by atoms with van der Waals surface area (Å²) in [6, 6.07) is -0.723. The number of amides is 1. The third-order valence-electron chi connectivity index (χ3n) is 19.5. The first-order valence-corrected chi connectivity index (χ1v) is 45.7. The lowest BCUT2D eigenvalue weighted by Crippen LogP contribution is -2.40. The maximum absolute atomic E-state index is 11.8. The standard InChI is InChI=1S/C21H41NO3.C20H40O2.C16H34O3S.C16H32O2.C14H28O2/c1-3-5-6-7-8-9-10-11-12-13-14-15-16-18-20(23)22-19(17-4-2)21(24)25;1-2-3-4-5-6-7-8-9-10-11-12-13-14-15-16-17-18-19-20(21)22;1-2-3-4-5-6-7-8-9-10-11-12-13-14-15-16-20(17,18)19;1-2-3-4-5-6-7-8-9-10-11-12-13-14-15-16(17)18;1-2-3-4-5-6-7-8-9-10-11-12-13-14(15)16/h19H,3-18H2,1-2H3,(H,22,23)(H,24,25);2-19H2,1H3,(H,21,22);2-16H2,1H3,(H,17,18,19);2-15H2,1H3,(H,17,18);2-13H2,1H3,(H,15,16). The molecular formula is C87H175NO12S. The van der Waals surface area contributed by atoms with Gasteiger partial charge in [0.25, 0.3) is 10.1 Å². The summed E-state index contributed by atoms with van der Waals surface area (Å²) in [5.74, 6) is -3.09. The number of carboxylic acid groups (broad SMARTS) is 4. The smallest absolute Gasteiger partial charge is 0.326 e. The molecule has 0 aliphatic rings. The Bertz CT molecular complexity index is 1750. The van der Waals surface area contributed by atoms with Crippen LogP contribution >= 0.6 is 0 Å².